The van der Waals surface area contributed by atoms with Crippen LogP contribution < -0.4 is 10.2 Å². The maximum Gasteiger partial charge on any atom is 0.321 e. The highest BCUT2D eigenvalue weighted by molar-refractivity contribution is 6.34. The standard InChI is InChI=1S/C17H22ClN3O3/c1-20(2)14-12(18)6-3-7-13(14)19-16(24)21-9-11-5-4-8-17(11,10-21)15(22)23/h3,6-7,11H,4-5,8-10H2,1-2H3,(H,19,24)(H,22,23)/t11-,17+/m0/s1. The molecule has 0 radical (unpaired) electrons. The summed E-state index contributed by atoms with van der Waals surface area (Å²) in [6, 6.07) is 5.08. The van der Waals surface area contributed by atoms with E-state index in [9.17, 15) is 14.7 Å². The minimum atomic E-state index is -0.781. The topological polar surface area (TPSA) is 72.9 Å². The number of hydrogen-bond donors (Lipinski definition) is 2. The first-order valence-corrected chi connectivity index (χ1v) is 8.48. The molecule has 1 saturated carbocycles. The zero-order valence-corrected chi connectivity index (χ0v) is 14.6. The molecule has 0 spiro atoms. The Bertz CT molecular complexity index is 679. The van der Waals surface area contributed by atoms with E-state index in [-0.39, 0.29) is 18.5 Å². The van der Waals surface area contributed by atoms with Gasteiger partial charge in [0.25, 0.3) is 0 Å². The summed E-state index contributed by atoms with van der Waals surface area (Å²) < 4.78 is 0. The summed E-state index contributed by atoms with van der Waals surface area (Å²) >= 11 is 6.22. The van der Waals surface area contributed by atoms with Crippen molar-refractivity contribution in [3.05, 3.63) is 23.2 Å². The number of nitrogens with one attached hydrogen (secondary N) is 1. The number of benzene rings is 1. The molecule has 2 amide bonds. The third kappa shape index (κ3) is 2.69. The van der Waals surface area contributed by atoms with Gasteiger partial charge in [-0.15, -0.1) is 0 Å². The van der Waals surface area contributed by atoms with E-state index in [4.69, 9.17) is 11.6 Å². The molecule has 1 aromatic carbocycles. The van der Waals surface area contributed by atoms with Crippen molar-refractivity contribution in [2.75, 3.05) is 37.4 Å². The van der Waals surface area contributed by atoms with Crippen molar-refractivity contribution in [3.8, 4) is 0 Å². The number of hydrogen-bond acceptors (Lipinski definition) is 3. The van der Waals surface area contributed by atoms with Gasteiger partial charge in [0.2, 0.25) is 0 Å². The molecule has 24 heavy (non-hydrogen) atoms. The van der Waals surface area contributed by atoms with E-state index in [0.29, 0.717) is 23.7 Å². The minimum absolute atomic E-state index is 0.0495. The molecule has 6 nitrogen and oxygen atoms in total. The number of carboxylic acid groups (broad SMARTS) is 1. The normalized spacial score (nSPS) is 25.5. The van der Waals surface area contributed by atoms with Crippen LogP contribution in [0.25, 0.3) is 0 Å². The van der Waals surface area contributed by atoms with Crippen molar-refractivity contribution >= 4 is 35.0 Å². The van der Waals surface area contributed by atoms with E-state index >= 15 is 0 Å². The third-order valence-electron chi connectivity index (χ3n) is 5.26. The fourth-order valence-corrected chi connectivity index (χ4v) is 4.40. The number of nitrogens with zero attached hydrogens (tertiary/aromatic N) is 2. The van der Waals surface area contributed by atoms with E-state index in [1.807, 2.05) is 19.0 Å². The van der Waals surface area contributed by atoms with Crippen LogP contribution in [0.15, 0.2) is 18.2 Å². The number of likely N-dealkylation sites (tertiary alicyclic amines) is 1. The lowest BCUT2D eigenvalue weighted by molar-refractivity contribution is -0.149. The van der Waals surface area contributed by atoms with Crippen molar-refractivity contribution < 1.29 is 14.7 Å². The Balaban J connectivity index is 1.78. The molecule has 3 rings (SSSR count). The first kappa shape index (κ1) is 16.9. The fraction of sp³-hybridized carbons (Fsp3) is 0.529. The molecule has 1 saturated heterocycles. The molecular weight excluding hydrogens is 330 g/mol. The molecule has 1 heterocycles. The van der Waals surface area contributed by atoms with Gasteiger partial charge in [0.1, 0.15) is 0 Å². The molecule has 2 aliphatic rings. The van der Waals surface area contributed by atoms with E-state index in [1.165, 1.54) is 0 Å². The van der Waals surface area contributed by atoms with Gasteiger partial charge in [-0.25, -0.2) is 4.79 Å². The SMILES string of the molecule is CN(C)c1c(Cl)cccc1NC(=O)N1C[C@@H]2CCC[C@@]2(C(=O)O)C1. The number of carbonyl (C=O) groups excluding carboxylic acids is 1. The highest BCUT2D eigenvalue weighted by Gasteiger charge is 2.55. The Kier molecular flexibility index (Phi) is 4.34. The molecule has 2 atom stereocenters. The predicted octanol–water partition coefficient (Wildman–Crippen LogP) is 3.12. The van der Waals surface area contributed by atoms with Gasteiger partial charge in [-0.1, -0.05) is 24.1 Å². The number of rotatable bonds is 3. The van der Waals surface area contributed by atoms with Gasteiger partial charge < -0.3 is 20.2 Å². The fourth-order valence-electron chi connectivity index (χ4n) is 4.06. The number of halogens is 1. The summed E-state index contributed by atoms with van der Waals surface area (Å²) in [6.45, 7) is 0.771. The average Bonchev–Trinajstić information content (AvgIpc) is 3.04. The molecule has 2 N–H and O–H groups in total. The second-order valence-electron chi connectivity index (χ2n) is 6.89. The van der Waals surface area contributed by atoms with Gasteiger partial charge in [-0.3, -0.25) is 4.79 Å². The van der Waals surface area contributed by atoms with Gasteiger partial charge in [-0.2, -0.15) is 0 Å². The second kappa shape index (κ2) is 6.16. The summed E-state index contributed by atoms with van der Waals surface area (Å²) in [6.07, 6.45) is 2.44. The molecule has 0 aromatic heterocycles. The number of amides is 2. The number of fused-ring (bicyclic) bond motifs is 1. The van der Waals surface area contributed by atoms with E-state index < -0.39 is 11.4 Å². The first-order valence-electron chi connectivity index (χ1n) is 8.10. The van der Waals surface area contributed by atoms with Crippen LogP contribution >= 0.6 is 11.6 Å². The molecule has 0 bridgehead atoms. The Labute approximate surface area is 146 Å². The smallest absolute Gasteiger partial charge is 0.321 e. The lowest BCUT2D eigenvalue weighted by atomic mass is 9.81. The van der Waals surface area contributed by atoms with Gasteiger partial charge >= 0.3 is 12.0 Å². The van der Waals surface area contributed by atoms with Crippen molar-refractivity contribution in [2.45, 2.75) is 19.3 Å². The second-order valence-corrected chi connectivity index (χ2v) is 7.30. The molecule has 1 aliphatic carbocycles. The molecule has 2 fully saturated rings. The van der Waals surface area contributed by atoms with Gasteiger partial charge in [0.15, 0.2) is 0 Å². The van der Waals surface area contributed by atoms with Crippen molar-refractivity contribution in [3.63, 3.8) is 0 Å². The summed E-state index contributed by atoms with van der Waals surface area (Å²) in [7, 11) is 3.72. The highest BCUT2D eigenvalue weighted by atomic mass is 35.5. The number of para-hydroxylation sites is 1. The molecular formula is C17H22ClN3O3. The maximum absolute atomic E-state index is 12.7. The number of urea groups is 1. The number of aliphatic carboxylic acids is 1. The Morgan fingerprint density at radius 1 is 1.42 bits per heavy atom. The number of carbonyl (C=O) groups is 2. The van der Waals surface area contributed by atoms with Crippen LogP contribution in [0.4, 0.5) is 16.2 Å². The molecule has 1 aliphatic heterocycles. The zero-order chi connectivity index (χ0) is 17.5. The van der Waals surface area contributed by atoms with Crippen LogP contribution in [0.3, 0.4) is 0 Å². The van der Waals surface area contributed by atoms with Crippen LogP contribution in [-0.4, -0.2) is 49.2 Å². The molecule has 7 heteroatoms. The summed E-state index contributed by atoms with van der Waals surface area (Å²) in [5.41, 5.74) is 0.592. The summed E-state index contributed by atoms with van der Waals surface area (Å²) in [5.74, 6) is -0.731. The van der Waals surface area contributed by atoms with E-state index in [0.717, 1.165) is 18.5 Å². The first-order chi connectivity index (χ1) is 11.3. The van der Waals surface area contributed by atoms with Crippen LogP contribution in [0.5, 0.6) is 0 Å². The van der Waals surface area contributed by atoms with Crippen LogP contribution in [0, 0.1) is 11.3 Å². The van der Waals surface area contributed by atoms with E-state index in [2.05, 4.69) is 5.32 Å². The lowest BCUT2D eigenvalue weighted by Gasteiger charge is -2.24. The zero-order valence-electron chi connectivity index (χ0n) is 13.9. The van der Waals surface area contributed by atoms with Gasteiger partial charge in [0, 0.05) is 27.2 Å². The maximum atomic E-state index is 12.7. The van der Waals surface area contributed by atoms with Gasteiger partial charge in [-0.05, 0) is 30.9 Å². The number of carboxylic acids is 1. The van der Waals surface area contributed by atoms with Crippen LogP contribution in [0.2, 0.25) is 5.02 Å². The van der Waals surface area contributed by atoms with Crippen molar-refractivity contribution in [1.82, 2.24) is 4.90 Å². The van der Waals surface area contributed by atoms with Crippen molar-refractivity contribution in [1.29, 1.82) is 0 Å². The van der Waals surface area contributed by atoms with Crippen LogP contribution in [-0.2, 0) is 4.79 Å². The average molecular weight is 352 g/mol. The Morgan fingerprint density at radius 3 is 2.79 bits per heavy atom. The van der Waals surface area contributed by atoms with Gasteiger partial charge in [0.05, 0.1) is 21.8 Å². The number of anilines is 2. The van der Waals surface area contributed by atoms with Crippen molar-refractivity contribution in [2.24, 2.45) is 11.3 Å². The predicted molar refractivity (Wildman–Crippen MR) is 93.8 cm³/mol. The largest absolute Gasteiger partial charge is 0.481 e. The summed E-state index contributed by atoms with van der Waals surface area (Å²) in [4.78, 5) is 27.9. The quantitative estimate of drug-likeness (QED) is 0.877. The minimum Gasteiger partial charge on any atom is -0.481 e. The van der Waals surface area contributed by atoms with Crippen LogP contribution in [0.1, 0.15) is 19.3 Å². The van der Waals surface area contributed by atoms with E-state index in [1.54, 1.807) is 23.1 Å². The Morgan fingerprint density at radius 2 is 2.17 bits per heavy atom. The molecule has 130 valence electrons. The highest BCUT2D eigenvalue weighted by Crippen LogP contribution is 2.49. The summed E-state index contributed by atoms with van der Waals surface area (Å²) in [5, 5.41) is 13.1. The lowest BCUT2D eigenvalue weighted by Crippen LogP contribution is -2.38. The molecule has 0 unspecified atom stereocenters. The Hall–Kier alpha value is -1.95. The molecule has 1 aromatic rings. The monoisotopic (exact) mass is 351 g/mol. The third-order valence-corrected chi connectivity index (χ3v) is 5.56.